The van der Waals surface area contributed by atoms with Crippen LogP contribution in [-0.2, 0) is 11.0 Å². The van der Waals surface area contributed by atoms with Gasteiger partial charge in [-0.25, -0.2) is 10.3 Å². The first-order valence-corrected chi connectivity index (χ1v) is 9.83. The van der Waals surface area contributed by atoms with Crippen molar-refractivity contribution in [2.24, 2.45) is 0 Å². The van der Waals surface area contributed by atoms with Crippen molar-refractivity contribution in [3.8, 4) is 11.5 Å². The Morgan fingerprint density at radius 2 is 1.65 bits per heavy atom. The van der Waals surface area contributed by atoms with Gasteiger partial charge in [-0.2, -0.15) is 13.2 Å². The van der Waals surface area contributed by atoms with Crippen molar-refractivity contribution >= 4 is 41.0 Å². The van der Waals surface area contributed by atoms with Gasteiger partial charge in [0.25, 0.3) is 5.91 Å². The normalized spacial score (nSPS) is 11.2. The van der Waals surface area contributed by atoms with E-state index in [4.69, 9.17) is 21.5 Å². The number of carbonyl (C=O) groups is 2. The minimum atomic E-state index is -4.65. The fraction of sp³-hybridized carbons (Fsp3) is 0.0455. The van der Waals surface area contributed by atoms with Crippen LogP contribution in [0, 0.1) is 0 Å². The molecule has 0 spiro atoms. The second kappa shape index (κ2) is 10.7. The van der Waals surface area contributed by atoms with E-state index >= 15 is 0 Å². The highest BCUT2D eigenvalue weighted by atomic mass is 35.5. The standard InChI is InChI=1S/C22H16ClF3N4O4/c23-19-7-3-15(12-18(19)22(24,25)26)29-21(32)28-13-1-5-16(6-2-13)34-17-9-10-27-14(11-17)4-8-20(31)30-33/h1-12,33H,(H,30,31)(H2,28,29,32)/b8-4+. The molecule has 0 aliphatic rings. The number of nitrogens with one attached hydrogen (secondary N) is 3. The van der Waals surface area contributed by atoms with E-state index in [-0.39, 0.29) is 5.69 Å². The minimum Gasteiger partial charge on any atom is -0.457 e. The Kier molecular flexibility index (Phi) is 7.71. The third-order valence-corrected chi connectivity index (χ3v) is 4.48. The summed E-state index contributed by atoms with van der Waals surface area (Å²) in [5.41, 5.74) is 1.10. The van der Waals surface area contributed by atoms with E-state index in [1.807, 2.05) is 0 Å². The fourth-order valence-electron chi connectivity index (χ4n) is 2.64. The molecule has 2 aromatic carbocycles. The van der Waals surface area contributed by atoms with Crippen molar-refractivity contribution in [3.05, 3.63) is 83.2 Å². The van der Waals surface area contributed by atoms with Crippen LogP contribution in [0.1, 0.15) is 11.3 Å². The Morgan fingerprint density at radius 3 is 2.32 bits per heavy atom. The summed E-state index contributed by atoms with van der Waals surface area (Å²) >= 11 is 5.57. The molecule has 0 atom stereocenters. The van der Waals surface area contributed by atoms with E-state index in [0.29, 0.717) is 22.9 Å². The number of anilines is 2. The number of benzene rings is 2. The largest absolute Gasteiger partial charge is 0.457 e. The number of hydrogen-bond donors (Lipinski definition) is 4. The van der Waals surface area contributed by atoms with Gasteiger partial charge in [0.05, 0.1) is 16.3 Å². The number of pyridine rings is 1. The Hall–Kier alpha value is -4.09. The highest BCUT2D eigenvalue weighted by molar-refractivity contribution is 6.31. The number of ether oxygens (including phenoxy) is 1. The van der Waals surface area contributed by atoms with E-state index in [1.54, 1.807) is 24.3 Å². The van der Waals surface area contributed by atoms with Gasteiger partial charge >= 0.3 is 12.2 Å². The molecule has 3 aromatic rings. The highest BCUT2D eigenvalue weighted by Gasteiger charge is 2.33. The molecule has 3 amide bonds. The zero-order valence-corrected chi connectivity index (χ0v) is 17.8. The third kappa shape index (κ3) is 6.95. The monoisotopic (exact) mass is 492 g/mol. The number of urea groups is 1. The number of aromatic nitrogens is 1. The van der Waals surface area contributed by atoms with Crippen LogP contribution in [-0.4, -0.2) is 22.1 Å². The number of nitrogens with zero attached hydrogens (tertiary/aromatic N) is 1. The van der Waals surface area contributed by atoms with Gasteiger partial charge in [0, 0.05) is 29.7 Å². The Bertz CT molecular complexity index is 1220. The minimum absolute atomic E-state index is 0.0758. The van der Waals surface area contributed by atoms with Gasteiger partial charge in [-0.1, -0.05) is 11.6 Å². The zero-order chi connectivity index (χ0) is 24.7. The highest BCUT2D eigenvalue weighted by Crippen LogP contribution is 2.36. The summed E-state index contributed by atoms with van der Waals surface area (Å²) < 4.78 is 44.6. The van der Waals surface area contributed by atoms with Crippen LogP contribution >= 0.6 is 11.6 Å². The first-order valence-electron chi connectivity index (χ1n) is 9.45. The van der Waals surface area contributed by atoms with E-state index in [0.717, 1.165) is 18.2 Å². The predicted molar refractivity (Wildman–Crippen MR) is 119 cm³/mol. The summed E-state index contributed by atoms with van der Waals surface area (Å²) in [5, 5.41) is 12.8. The molecular formula is C22H16ClF3N4O4. The van der Waals surface area contributed by atoms with Gasteiger partial charge in [-0.3, -0.25) is 15.0 Å². The molecule has 0 aliphatic heterocycles. The first-order chi connectivity index (χ1) is 16.1. The van der Waals surface area contributed by atoms with E-state index in [9.17, 15) is 22.8 Å². The van der Waals surface area contributed by atoms with Crippen molar-refractivity contribution in [2.75, 3.05) is 10.6 Å². The number of carbonyl (C=O) groups excluding carboxylic acids is 2. The molecular weight excluding hydrogens is 477 g/mol. The lowest BCUT2D eigenvalue weighted by Crippen LogP contribution is -2.19. The Labute approximate surface area is 196 Å². The maximum atomic E-state index is 13.0. The van der Waals surface area contributed by atoms with Crippen LogP contribution in [0.5, 0.6) is 11.5 Å². The fourth-order valence-corrected chi connectivity index (χ4v) is 2.86. The van der Waals surface area contributed by atoms with Gasteiger partial charge < -0.3 is 15.4 Å². The molecule has 0 aliphatic carbocycles. The molecule has 0 saturated carbocycles. The van der Waals surface area contributed by atoms with Gasteiger partial charge in [-0.15, -0.1) is 0 Å². The number of hydroxylamine groups is 1. The van der Waals surface area contributed by atoms with Crippen molar-refractivity contribution < 1.29 is 32.7 Å². The van der Waals surface area contributed by atoms with Crippen LogP contribution in [0.25, 0.3) is 6.08 Å². The molecule has 4 N–H and O–H groups in total. The predicted octanol–water partition coefficient (Wildman–Crippen LogP) is 5.71. The van der Waals surface area contributed by atoms with Crippen LogP contribution in [0.4, 0.5) is 29.3 Å². The van der Waals surface area contributed by atoms with E-state index in [2.05, 4.69) is 15.6 Å². The van der Waals surface area contributed by atoms with Crippen molar-refractivity contribution in [1.29, 1.82) is 0 Å². The van der Waals surface area contributed by atoms with E-state index in [1.165, 1.54) is 36.0 Å². The van der Waals surface area contributed by atoms with E-state index < -0.39 is 28.7 Å². The van der Waals surface area contributed by atoms with Gasteiger partial charge in [-0.05, 0) is 54.6 Å². The van der Waals surface area contributed by atoms with Crippen molar-refractivity contribution in [2.45, 2.75) is 6.18 Å². The number of halogens is 4. The van der Waals surface area contributed by atoms with Gasteiger partial charge in [0.1, 0.15) is 11.5 Å². The average Bonchev–Trinajstić information content (AvgIpc) is 2.79. The summed E-state index contributed by atoms with van der Waals surface area (Å²) in [6.45, 7) is 0. The van der Waals surface area contributed by atoms with Crippen LogP contribution in [0.15, 0.2) is 66.9 Å². The molecule has 34 heavy (non-hydrogen) atoms. The number of amides is 3. The lowest BCUT2D eigenvalue weighted by atomic mass is 10.2. The quantitative estimate of drug-likeness (QED) is 0.200. The van der Waals surface area contributed by atoms with Crippen molar-refractivity contribution in [3.63, 3.8) is 0 Å². The molecule has 12 heteroatoms. The summed E-state index contributed by atoms with van der Waals surface area (Å²) in [7, 11) is 0. The first kappa shape index (κ1) is 24.6. The molecule has 8 nitrogen and oxygen atoms in total. The summed E-state index contributed by atoms with van der Waals surface area (Å²) in [4.78, 5) is 27.2. The SMILES string of the molecule is O=C(/C=C/c1cc(Oc2ccc(NC(=O)Nc3ccc(Cl)c(C(F)(F)F)c3)cc2)ccn1)NO. The molecule has 0 fully saturated rings. The maximum Gasteiger partial charge on any atom is 0.417 e. The second-order valence-corrected chi connectivity index (χ2v) is 7.03. The molecule has 0 saturated heterocycles. The summed E-state index contributed by atoms with van der Waals surface area (Å²) in [6.07, 6.45) is -0.720. The smallest absolute Gasteiger partial charge is 0.417 e. The molecule has 176 valence electrons. The van der Waals surface area contributed by atoms with Crippen LogP contribution in [0.3, 0.4) is 0 Å². The average molecular weight is 493 g/mol. The van der Waals surface area contributed by atoms with Crippen LogP contribution < -0.4 is 20.9 Å². The molecule has 3 rings (SSSR count). The topological polar surface area (TPSA) is 113 Å². The number of alkyl halides is 3. The molecule has 1 heterocycles. The molecule has 0 radical (unpaired) electrons. The Morgan fingerprint density at radius 1 is 0.971 bits per heavy atom. The lowest BCUT2D eigenvalue weighted by molar-refractivity contribution is -0.137. The lowest BCUT2D eigenvalue weighted by Gasteiger charge is -2.12. The maximum absolute atomic E-state index is 13.0. The van der Waals surface area contributed by atoms with Gasteiger partial charge in [0.15, 0.2) is 0 Å². The molecule has 0 unspecified atom stereocenters. The third-order valence-electron chi connectivity index (χ3n) is 4.15. The zero-order valence-electron chi connectivity index (χ0n) is 17.1. The Balaban J connectivity index is 1.61. The number of hydrogen-bond acceptors (Lipinski definition) is 5. The van der Waals surface area contributed by atoms with Crippen molar-refractivity contribution in [1.82, 2.24) is 10.5 Å². The molecule has 1 aromatic heterocycles. The summed E-state index contributed by atoms with van der Waals surface area (Å²) in [6, 6.07) is 11.6. The van der Waals surface area contributed by atoms with Crippen LogP contribution in [0.2, 0.25) is 5.02 Å². The summed E-state index contributed by atoms with van der Waals surface area (Å²) in [5.74, 6) is 0.130. The number of rotatable bonds is 6. The van der Waals surface area contributed by atoms with Gasteiger partial charge in [0.2, 0.25) is 0 Å². The molecule has 0 bridgehead atoms. The second-order valence-electron chi connectivity index (χ2n) is 6.62.